The van der Waals surface area contributed by atoms with E-state index in [1.54, 1.807) is 19.3 Å². The summed E-state index contributed by atoms with van der Waals surface area (Å²) in [5.74, 6) is 1.16. The predicted octanol–water partition coefficient (Wildman–Crippen LogP) is 1.24. The van der Waals surface area contributed by atoms with Crippen LogP contribution >= 0.6 is 0 Å². The Hall–Kier alpha value is -1.36. The van der Waals surface area contributed by atoms with Crippen molar-refractivity contribution >= 4 is 5.95 Å². The maximum Gasteiger partial charge on any atom is 0.225 e. The lowest BCUT2D eigenvalue weighted by Crippen LogP contribution is -2.43. The van der Waals surface area contributed by atoms with Gasteiger partial charge in [-0.3, -0.25) is 0 Å². The average molecular weight is 224 g/mol. The molecule has 0 saturated heterocycles. The lowest BCUT2D eigenvalue weighted by molar-refractivity contribution is 0.111. The second-order valence-corrected chi connectivity index (χ2v) is 4.46. The third-order valence-electron chi connectivity index (χ3n) is 2.64. The normalized spacial score (nSPS) is 11.6. The molecule has 0 radical (unpaired) electrons. The Kier molecular flexibility index (Phi) is 4.06. The van der Waals surface area contributed by atoms with E-state index in [9.17, 15) is 0 Å². The van der Waals surface area contributed by atoms with Gasteiger partial charge >= 0.3 is 0 Å². The Labute approximate surface area is 96.8 Å². The van der Waals surface area contributed by atoms with Gasteiger partial charge in [-0.2, -0.15) is 4.98 Å². The van der Waals surface area contributed by atoms with Crippen molar-refractivity contribution in [1.82, 2.24) is 14.9 Å². The summed E-state index contributed by atoms with van der Waals surface area (Å²) < 4.78 is 5.64. The molecule has 0 saturated carbocycles. The maximum atomic E-state index is 5.64. The second kappa shape index (κ2) is 5.12. The SMILES string of the molecule is CNc1nccc(OCC(C)(C)N(C)C)n1. The Morgan fingerprint density at radius 3 is 2.69 bits per heavy atom. The number of anilines is 1. The van der Waals surface area contributed by atoms with E-state index in [4.69, 9.17) is 4.74 Å². The number of nitrogens with zero attached hydrogens (tertiary/aromatic N) is 3. The van der Waals surface area contributed by atoms with Crippen LogP contribution in [0.25, 0.3) is 0 Å². The van der Waals surface area contributed by atoms with Crippen LogP contribution in [0, 0.1) is 0 Å². The van der Waals surface area contributed by atoms with Crippen molar-refractivity contribution in [3.63, 3.8) is 0 Å². The van der Waals surface area contributed by atoms with Gasteiger partial charge in [0, 0.05) is 24.8 Å². The molecule has 0 aromatic carbocycles. The van der Waals surface area contributed by atoms with Crippen LogP contribution < -0.4 is 10.1 Å². The predicted molar refractivity (Wildman–Crippen MR) is 64.8 cm³/mol. The van der Waals surface area contributed by atoms with Gasteiger partial charge in [0.25, 0.3) is 0 Å². The van der Waals surface area contributed by atoms with E-state index in [0.29, 0.717) is 18.4 Å². The Balaban J connectivity index is 2.60. The number of aromatic nitrogens is 2. The lowest BCUT2D eigenvalue weighted by atomic mass is 10.1. The van der Waals surface area contributed by atoms with Gasteiger partial charge in [0.05, 0.1) is 0 Å². The first-order chi connectivity index (χ1) is 7.45. The van der Waals surface area contributed by atoms with Crippen molar-refractivity contribution in [2.75, 3.05) is 33.1 Å². The smallest absolute Gasteiger partial charge is 0.225 e. The zero-order chi connectivity index (χ0) is 12.2. The van der Waals surface area contributed by atoms with E-state index < -0.39 is 0 Å². The Bertz CT molecular complexity index is 339. The number of nitrogens with one attached hydrogen (secondary N) is 1. The minimum Gasteiger partial charge on any atom is -0.476 e. The fourth-order valence-corrected chi connectivity index (χ4v) is 0.923. The van der Waals surface area contributed by atoms with Gasteiger partial charge in [-0.15, -0.1) is 0 Å². The van der Waals surface area contributed by atoms with E-state index in [1.165, 1.54) is 0 Å². The summed E-state index contributed by atoms with van der Waals surface area (Å²) in [6.07, 6.45) is 1.68. The number of hydrogen-bond acceptors (Lipinski definition) is 5. The van der Waals surface area contributed by atoms with E-state index in [2.05, 4.69) is 34.0 Å². The first-order valence-corrected chi connectivity index (χ1v) is 5.27. The fourth-order valence-electron chi connectivity index (χ4n) is 0.923. The Morgan fingerprint density at radius 2 is 2.12 bits per heavy atom. The van der Waals surface area contributed by atoms with Gasteiger partial charge in [0.1, 0.15) is 6.61 Å². The summed E-state index contributed by atoms with van der Waals surface area (Å²) in [7, 11) is 5.84. The minimum atomic E-state index is -0.0231. The van der Waals surface area contributed by atoms with Crippen LogP contribution in [0.15, 0.2) is 12.3 Å². The summed E-state index contributed by atoms with van der Waals surface area (Å²) in [4.78, 5) is 10.3. The highest BCUT2D eigenvalue weighted by atomic mass is 16.5. The fraction of sp³-hybridized carbons (Fsp3) is 0.636. The highest BCUT2D eigenvalue weighted by molar-refractivity contribution is 5.26. The number of likely N-dealkylation sites (N-methyl/N-ethyl adjacent to an activating group) is 1. The van der Waals surface area contributed by atoms with Gasteiger partial charge < -0.3 is 15.0 Å². The Morgan fingerprint density at radius 1 is 1.44 bits per heavy atom. The molecule has 1 rings (SSSR count). The molecule has 5 nitrogen and oxygen atoms in total. The molecule has 0 fully saturated rings. The van der Waals surface area contributed by atoms with Gasteiger partial charge in [0.2, 0.25) is 11.8 Å². The van der Waals surface area contributed by atoms with Crippen LogP contribution in [-0.4, -0.2) is 48.2 Å². The maximum absolute atomic E-state index is 5.64. The van der Waals surface area contributed by atoms with Crippen molar-refractivity contribution in [2.24, 2.45) is 0 Å². The highest BCUT2D eigenvalue weighted by Gasteiger charge is 2.21. The van der Waals surface area contributed by atoms with Crippen molar-refractivity contribution < 1.29 is 4.74 Å². The molecule has 0 aliphatic heterocycles. The van der Waals surface area contributed by atoms with Crippen LogP contribution in [0.2, 0.25) is 0 Å². The molecule has 0 spiro atoms. The topological polar surface area (TPSA) is 50.3 Å². The largest absolute Gasteiger partial charge is 0.476 e. The zero-order valence-electron chi connectivity index (χ0n) is 10.6. The molecule has 1 N–H and O–H groups in total. The monoisotopic (exact) mass is 224 g/mol. The molecule has 0 unspecified atom stereocenters. The second-order valence-electron chi connectivity index (χ2n) is 4.46. The third kappa shape index (κ3) is 3.34. The average Bonchev–Trinajstić information content (AvgIpc) is 2.26. The first-order valence-electron chi connectivity index (χ1n) is 5.27. The van der Waals surface area contributed by atoms with Crippen molar-refractivity contribution in [1.29, 1.82) is 0 Å². The molecule has 0 amide bonds. The van der Waals surface area contributed by atoms with Gasteiger partial charge in [0.15, 0.2) is 0 Å². The van der Waals surface area contributed by atoms with Crippen LogP contribution in [-0.2, 0) is 0 Å². The lowest BCUT2D eigenvalue weighted by Gasteiger charge is -2.31. The van der Waals surface area contributed by atoms with Crippen LogP contribution in [0.4, 0.5) is 5.95 Å². The van der Waals surface area contributed by atoms with Gasteiger partial charge in [-0.1, -0.05) is 0 Å². The van der Waals surface area contributed by atoms with Crippen molar-refractivity contribution in [2.45, 2.75) is 19.4 Å². The van der Waals surface area contributed by atoms with E-state index in [-0.39, 0.29) is 5.54 Å². The first kappa shape index (κ1) is 12.7. The van der Waals surface area contributed by atoms with Crippen molar-refractivity contribution in [3.05, 3.63) is 12.3 Å². The van der Waals surface area contributed by atoms with E-state index >= 15 is 0 Å². The molecular weight excluding hydrogens is 204 g/mol. The molecule has 16 heavy (non-hydrogen) atoms. The summed E-state index contributed by atoms with van der Waals surface area (Å²) >= 11 is 0. The molecule has 0 aliphatic carbocycles. The number of ether oxygens (including phenoxy) is 1. The van der Waals surface area contributed by atoms with Gasteiger partial charge in [-0.25, -0.2) is 4.98 Å². The summed E-state index contributed by atoms with van der Waals surface area (Å²) in [5, 5.41) is 2.87. The molecule has 90 valence electrons. The molecule has 0 bridgehead atoms. The quantitative estimate of drug-likeness (QED) is 0.815. The zero-order valence-corrected chi connectivity index (χ0v) is 10.6. The third-order valence-corrected chi connectivity index (χ3v) is 2.64. The van der Waals surface area contributed by atoms with E-state index in [1.807, 2.05) is 14.1 Å². The molecule has 1 aromatic heterocycles. The summed E-state index contributed by atoms with van der Waals surface area (Å²) in [6.45, 7) is 4.82. The van der Waals surface area contributed by atoms with Crippen LogP contribution in [0.1, 0.15) is 13.8 Å². The standard InChI is InChI=1S/C11H20N4O/c1-11(2,15(4)5)8-16-9-6-7-13-10(12-3)14-9/h6-7H,8H2,1-5H3,(H,12,13,14). The molecule has 5 heteroatoms. The number of rotatable bonds is 5. The summed E-state index contributed by atoms with van der Waals surface area (Å²) in [5.41, 5.74) is -0.0231. The van der Waals surface area contributed by atoms with Crippen LogP contribution in [0.3, 0.4) is 0 Å². The molecule has 1 heterocycles. The van der Waals surface area contributed by atoms with E-state index in [0.717, 1.165) is 0 Å². The molecular formula is C11H20N4O. The minimum absolute atomic E-state index is 0.0231. The highest BCUT2D eigenvalue weighted by Crippen LogP contribution is 2.14. The molecule has 0 atom stereocenters. The van der Waals surface area contributed by atoms with Crippen LogP contribution in [0.5, 0.6) is 5.88 Å². The molecule has 0 aliphatic rings. The van der Waals surface area contributed by atoms with Crippen molar-refractivity contribution in [3.8, 4) is 5.88 Å². The number of hydrogen-bond donors (Lipinski definition) is 1. The summed E-state index contributed by atoms with van der Waals surface area (Å²) in [6, 6.07) is 1.76. The molecule has 1 aromatic rings. The van der Waals surface area contributed by atoms with Gasteiger partial charge in [-0.05, 0) is 27.9 Å².